The molecule has 23 heavy (non-hydrogen) atoms. The van der Waals surface area contributed by atoms with Gasteiger partial charge in [0, 0.05) is 17.6 Å². The van der Waals surface area contributed by atoms with Crippen LogP contribution in [-0.4, -0.2) is 28.0 Å². The summed E-state index contributed by atoms with van der Waals surface area (Å²) in [6.07, 6.45) is 1.52. The molecule has 10 heteroatoms. The van der Waals surface area contributed by atoms with Crippen LogP contribution in [0.2, 0.25) is 4.34 Å². The summed E-state index contributed by atoms with van der Waals surface area (Å²) in [5.74, 6) is 0.224. The highest BCUT2D eigenvalue weighted by molar-refractivity contribution is 7.23. The molecule has 0 atom stereocenters. The number of carbonyl (C=O) groups is 1. The number of nitrogens with one attached hydrogen (secondary N) is 2. The topological polar surface area (TPSA) is 89.0 Å². The number of halogens is 1. The number of anilines is 1. The van der Waals surface area contributed by atoms with Crippen LogP contribution in [0.4, 0.5) is 5.95 Å². The number of carbonyl (C=O) groups excluding carboxylic acids is 1. The van der Waals surface area contributed by atoms with Crippen molar-refractivity contribution < 1.29 is 9.53 Å². The second-order valence-electron chi connectivity index (χ2n) is 4.14. The average molecular weight is 368 g/mol. The van der Waals surface area contributed by atoms with Crippen LogP contribution in [0, 0.1) is 0 Å². The first-order valence-corrected chi connectivity index (χ1v) is 8.38. The minimum atomic E-state index is -0.387. The summed E-state index contributed by atoms with van der Waals surface area (Å²) in [7, 11) is 1.50. The van der Waals surface area contributed by atoms with Gasteiger partial charge in [-0.15, -0.1) is 22.7 Å². The lowest BCUT2D eigenvalue weighted by molar-refractivity contribution is 0.0958. The Kier molecular flexibility index (Phi) is 4.70. The van der Waals surface area contributed by atoms with Gasteiger partial charge in [0.05, 0.1) is 16.3 Å². The number of hydrogen-bond donors (Lipinski definition) is 2. The number of thiazole rings is 1. The molecule has 3 heterocycles. The summed E-state index contributed by atoms with van der Waals surface area (Å²) in [5, 5.41) is 2.41. The summed E-state index contributed by atoms with van der Waals surface area (Å²) in [4.78, 5) is 25.3. The van der Waals surface area contributed by atoms with Gasteiger partial charge in [-0.3, -0.25) is 15.6 Å². The fraction of sp³-hybridized carbons (Fsp3) is 0.0769. The van der Waals surface area contributed by atoms with Gasteiger partial charge in [0.25, 0.3) is 5.91 Å². The highest BCUT2D eigenvalue weighted by atomic mass is 35.5. The van der Waals surface area contributed by atoms with Crippen LogP contribution in [0.1, 0.15) is 10.5 Å². The number of amides is 1. The molecular weight excluding hydrogens is 358 g/mol. The molecule has 3 rings (SSSR count). The van der Waals surface area contributed by atoms with Gasteiger partial charge in [-0.1, -0.05) is 11.6 Å². The number of hydrazine groups is 1. The molecule has 0 aliphatic carbocycles. The normalized spacial score (nSPS) is 10.3. The Balaban J connectivity index is 1.65. The maximum atomic E-state index is 12.1. The molecule has 1 amide bonds. The SMILES string of the molecule is COc1ccnc(NNC(=O)c2csc(-c3ccc(Cl)s3)n2)n1. The lowest BCUT2D eigenvalue weighted by Gasteiger charge is -2.06. The lowest BCUT2D eigenvalue weighted by atomic mass is 10.4. The van der Waals surface area contributed by atoms with E-state index in [1.165, 1.54) is 36.0 Å². The third-order valence-electron chi connectivity index (χ3n) is 2.65. The number of ether oxygens (including phenoxy) is 1. The number of thiophene rings is 1. The molecule has 2 N–H and O–H groups in total. The van der Waals surface area contributed by atoms with Gasteiger partial charge in [0.1, 0.15) is 10.7 Å². The Morgan fingerprint density at radius 3 is 2.91 bits per heavy atom. The highest BCUT2D eigenvalue weighted by Crippen LogP contribution is 2.32. The predicted molar refractivity (Wildman–Crippen MR) is 90.1 cm³/mol. The van der Waals surface area contributed by atoms with Crippen LogP contribution in [0.3, 0.4) is 0 Å². The van der Waals surface area contributed by atoms with E-state index >= 15 is 0 Å². The van der Waals surface area contributed by atoms with Crippen LogP contribution in [-0.2, 0) is 0 Å². The largest absolute Gasteiger partial charge is 0.481 e. The van der Waals surface area contributed by atoms with Crippen molar-refractivity contribution in [2.45, 2.75) is 0 Å². The first kappa shape index (κ1) is 15.7. The number of hydrogen-bond acceptors (Lipinski definition) is 8. The lowest BCUT2D eigenvalue weighted by Crippen LogP contribution is -2.30. The van der Waals surface area contributed by atoms with Gasteiger partial charge in [-0.2, -0.15) is 4.98 Å². The van der Waals surface area contributed by atoms with E-state index in [0.29, 0.717) is 15.9 Å². The molecule has 0 saturated heterocycles. The molecule has 0 aliphatic rings. The molecule has 0 unspecified atom stereocenters. The first-order chi connectivity index (χ1) is 11.2. The van der Waals surface area contributed by atoms with Gasteiger partial charge in [-0.05, 0) is 12.1 Å². The zero-order chi connectivity index (χ0) is 16.2. The number of rotatable bonds is 5. The van der Waals surface area contributed by atoms with E-state index in [2.05, 4.69) is 25.8 Å². The molecule has 7 nitrogen and oxygen atoms in total. The summed E-state index contributed by atoms with van der Waals surface area (Å²) in [5.41, 5.74) is 5.40. The monoisotopic (exact) mass is 367 g/mol. The van der Waals surface area contributed by atoms with E-state index in [9.17, 15) is 4.79 Å². The van der Waals surface area contributed by atoms with E-state index in [-0.39, 0.29) is 11.9 Å². The first-order valence-electron chi connectivity index (χ1n) is 6.30. The quantitative estimate of drug-likeness (QED) is 0.673. The fourth-order valence-electron chi connectivity index (χ4n) is 1.61. The van der Waals surface area contributed by atoms with E-state index in [0.717, 1.165) is 9.88 Å². The maximum absolute atomic E-state index is 12.1. The zero-order valence-corrected chi connectivity index (χ0v) is 14.1. The predicted octanol–water partition coefficient (Wildman–Crippen LogP) is 3.08. The number of nitrogens with zero attached hydrogens (tertiary/aromatic N) is 3. The van der Waals surface area contributed by atoms with Gasteiger partial charge in [0.2, 0.25) is 11.8 Å². The Labute approximate surface area is 144 Å². The van der Waals surface area contributed by atoms with Crippen molar-refractivity contribution in [2.75, 3.05) is 12.5 Å². The minimum absolute atomic E-state index is 0.221. The van der Waals surface area contributed by atoms with Crippen LogP contribution >= 0.6 is 34.3 Å². The average Bonchev–Trinajstić information content (AvgIpc) is 3.21. The van der Waals surface area contributed by atoms with Crippen LogP contribution in [0.15, 0.2) is 29.8 Å². The van der Waals surface area contributed by atoms with Gasteiger partial charge >= 0.3 is 0 Å². The summed E-state index contributed by atoms with van der Waals surface area (Å²) in [6, 6.07) is 5.27. The summed E-state index contributed by atoms with van der Waals surface area (Å²) < 4.78 is 5.66. The van der Waals surface area contributed by atoms with Crippen molar-refractivity contribution in [3.8, 4) is 15.8 Å². The molecule has 0 fully saturated rings. The Bertz CT molecular complexity index is 835. The van der Waals surface area contributed by atoms with E-state index < -0.39 is 0 Å². The molecule has 0 bridgehead atoms. The van der Waals surface area contributed by atoms with Crippen molar-refractivity contribution in [1.82, 2.24) is 20.4 Å². The van der Waals surface area contributed by atoms with Crippen molar-refractivity contribution in [1.29, 1.82) is 0 Å². The highest BCUT2D eigenvalue weighted by Gasteiger charge is 2.13. The van der Waals surface area contributed by atoms with Gasteiger partial charge in [0.15, 0.2) is 0 Å². The fourth-order valence-corrected chi connectivity index (χ4v) is 3.53. The zero-order valence-electron chi connectivity index (χ0n) is 11.7. The molecular formula is C13H10ClN5O2S2. The van der Waals surface area contributed by atoms with Gasteiger partial charge < -0.3 is 4.74 Å². The summed E-state index contributed by atoms with van der Waals surface area (Å²) in [6.45, 7) is 0. The molecule has 0 saturated carbocycles. The number of methoxy groups -OCH3 is 1. The van der Waals surface area contributed by atoms with Crippen LogP contribution < -0.4 is 15.6 Å². The smallest absolute Gasteiger partial charge is 0.289 e. The van der Waals surface area contributed by atoms with Crippen molar-refractivity contribution in [2.24, 2.45) is 0 Å². The van der Waals surface area contributed by atoms with Crippen LogP contribution in [0.5, 0.6) is 5.88 Å². The number of aromatic nitrogens is 3. The third-order valence-corrected chi connectivity index (χ3v) is 4.89. The Hall–Kier alpha value is -2.23. The third kappa shape index (κ3) is 3.76. The second kappa shape index (κ2) is 6.90. The Morgan fingerprint density at radius 1 is 1.30 bits per heavy atom. The standard InChI is InChI=1S/C13H10ClN5O2S2/c1-21-10-4-5-15-13(17-10)19-18-11(20)7-6-22-12(16-7)8-2-3-9(14)23-8/h2-6H,1H3,(H,18,20)(H,15,17,19). The maximum Gasteiger partial charge on any atom is 0.289 e. The molecule has 0 spiro atoms. The van der Waals surface area contributed by atoms with Crippen molar-refractivity contribution in [3.05, 3.63) is 39.8 Å². The molecule has 118 valence electrons. The molecule has 0 radical (unpaired) electrons. The second-order valence-corrected chi connectivity index (χ2v) is 6.72. The van der Waals surface area contributed by atoms with Gasteiger partial charge in [-0.25, -0.2) is 9.97 Å². The minimum Gasteiger partial charge on any atom is -0.481 e. The molecule has 3 aromatic heterocycles. The molecule has 3 aromatic rings. The van der Waals surface area contributed by atoms with E-state index in [1.54, 1.807) is 17.5 Å². The Morgan fingerprint density at radius 2 is 2.17 bits per heavy atom. The van der Waals surface area contributed by atoms with E-state index in [1.807, 2.05) is 6.07 Å². The van der Waals surface area contributed by atoms with Crippen molar-refractivity contribution >= 4 is 46.1 Å². The summed E-state index contributed by atoms with van der Waals surface area (Å²) >= 11 is 8.69. The van der Waals surface area contributed by atoms with Crippen molar-refractivity contribution in [3.63, 3.8) is 0 Å². The van der Waals surface area contributed by atoms with E-state index in [4.69, 9.17) is 16.3 Å². The molecule has 0 aliphatic heterocycles. The van der Waals surface area contributed by atoms with Crippen LogP contribution in [0.25, 0.3) is 9.88 Å². The molecule has 0 aromatic carbocycles.